The highest BCUT2D eigenvalue weighted by atomic mass is 32.1. The molecule has 3 rings (SSSR count). The Morgan fingerprint density at radius 3 is 2.67 bits per heavy atom. The van der Waals surface area contributed by atoms with Gasteiger partial charge >= 0.3 is 0 Å². The van der Waals surface area contributed by atoms with E-state index >= 15 is 0 Å². The van der Waals surface area contributed by atoms with Crippen LogP contribution >= 0.6 is 12.2 Å². The molecule has 1 heterocycles. The number of ether oxygens (including phenoxy) is 2. The van der Waals surface area contributed by atoms with Crippen LogP contribution in [0.5, 0.6) is 11.5 Å². The molecule has 158 valence electrons. The number of carbonyl (C=O) groups is 1. The molecule has 1 aliphatic heterocycles. The number of benzene rings is 2. The number of hydrogen-bond acceptors (Lipinski definition) is 4. The Balaban J connectivity index is 1.80. The Morgan fingerprint density at radius 1 is 1.13 bits per heavy atom. The molecular formula is C24H28N2O3S. The van der Waals surface area contributed by atoms with E-state index in [4.69, 9.17) is 21.7 Å². The minimum absolute atomic E-state index is 0.0857. The second-order valence-electron chi connectivity index (χ2n) is 7.43. The molecule has 0 saturated carbocycles. The van der Waals surface area contributed by atoms with Crippen molar-refractivity contribution < 1.29 is 14.3 Å². The molecule has 2 aromatic carbocycles. The average Bonchev–Trinajstić information content (AvgIpc) is 2.99. The van der Waals surface area contributed by atoms with Crippen LogP contribution in [0.2, 0.25) is 0 Å². The van der Waals surface area contributed by atoms with Crippen molar-refractivity contribution in [2.24, 2.45) is 0 Å². The van der Waals surface area contributed by atoms with E-state index in [0.717, 1.165) is 46.6 Å². The summed E-state index contributed by atoms with van der Waals surface area (Å²) in [6.45, 7) is 7.16. The summed E-state index contributed by atoms with van der Waals surface area (Å²) in [5.74, 6) is 1.51. The predicted octanol–water partition coefficient (Wildman–Crippen LogP) is 4.75. The van der Waals surface area contributed by atoms with E-state index in [-0.39, 0.29) is 5.91 Å². The summed E-state index contributed by atoms with van der Waals surface area (Å²) < 4.78 is 11.6. The lowest BCUT2D eigenvalue weighted by Crippen LogP contribution is -2.31. The average molecular weight is 425 g/mol. The fourth-order valence-electron chi connectivity index (χ4n) is 3.28. The van der Waals surface area contributed by atoms with E-state index in [1.165, 1.54) is 0 Å². The number of methoxy groups -OCH3 is 1. The number of aryl methyl sites for hydroxylation is 2. The lowest BCUT2D eigenvalue weighted by Gasteiger charge is -2.13. The van der Waals surface area contributed by atoms with Crippen molar-refractivity contribution in [2.45, 2.75) is 40.2 Å². The molecule has 0 atom stereocenters. The molecule has 30 heavy (non-hydrogen) atoms. The summed E-state index contributed by atoms with van der Waals surface area (Å²) in [6.07, 6.45) is 3.75. The van der Waals surface area contributed by atoms with Crippen molar-refractivity contribution in [3.8, 4) is 11.5 Å². The van der Waals surface area contributed by atoms with Gasteiger partial charge in [-0.05, 0) is 73.5 Å². The fourth-order valence-corrected chi connectivity index (χ4v) is 3.56. The van der Waals surface area contributed by atoms with Gasteiger partial charge in [0.2, 0.25) is 0 Å². The number of carbonyl (C=O) groups excluding carboxylic acids is 1. The molecule has 0 radical (unpaired) electrons. The second-order valence-corrected chi connectivity index (χ2v) is 7.81. The van der Waals surface area contributed by atoms with E-state index in [0.29, 0.717) is 24.0 Å². The SMILES string of the molecule is CCCCN1C(=O)/C(=C\c2ccc(OC)c(COc3cc(C)ccc3C)c2)NC1=S. The molecular weight excluding hydrogens is 396 g/mol. The highest BCUT2D eigenvalue weighted by molar-refractivity contribution is 7.80. The molecule has 6 heteroatoms. The molecule has 0 aliphatic carbocycles. The quantitative estimate of drug-likeness (QED) is 0.490. The number of nitrogens with zero attached hydrogens (tertiary/aromatic N) is 1. The van der Waals surface area contributed by atoms with Crippen LogP contribution in [0.3, 0.4) is 0 Å². The Morgan fingerprint density at radius 2 is 1.93 bits per heavy atom. The maximum atomic E-state index is 12.7. The van der Waals surface area contributed by atoms with Crippen molar-refractivity contribution in [3.05, 3.63) is 64.3 Å². The largest absolute Gasteiger partial charge is 0.496 e. The van der Waals surface area contributed by atoms with Crippen LogP contribution in [0.25, 0.3) is 6.08 Å². The topological polar surface area (TPSA) is 50.8 Å². The summed E-state index contributed by atoms with van der Waals surface area (Å²) in [5.41, 5.74) is 4.51. The van der Waals surface area contributed by atoms with Gasteiger partial charge in [0.1, 0.15) is 23.8 Å². The van der Waals surface area contributed by atoms with Crippen molar-refractivity contribution >= 4 is 29.3 Å². The summed E-state index contributed by atoms with van der Waals surface area (Å²) in [6, 6.07) is 11.9. The van der Waals surface area contributed by atoms with Crippen LogP contribution in [-0.2, 0) is 11.4 Å². The number of nitrogens with one attached hydrogen (secondary N) is 1. The normalized spacial score (nSPS) is 14.9. The molecule has 0 spiro atoms. The van der Waals surface area contributed by atoms with Gasteiger partial charge in [0.05, 0.1) is 7.11 Å². The van der Waals surface area contributed by atoms with Gasteiger partial charge in [-0.15, -0.1) is 0 Å². The highest BCUT2D eigenvalue weighted by Gasteiger charge is 2.29. The van der Waals surface area contributed by atoms with Gasteiger partial charge in [0, 0.05) is 12.1 Å². The summed E-state index contributed by atoms with van der Waals surface area (Å²) in [7, 11) is 1.64. The van der Waals surface area contributed by atoms with Crippen molar-refractivity contribution in [2.75, 3.05) is 13.7 Å². The summed E-state index contributed by atoms with van der Waals surface area (Å²) in [4.78, 5) is 14.3. The lowest BCUT2D eigenvalue weighted by atomic mass is 10.1. The number of rotatable bonds is 8. The van der Waals surface area contributed by atoms with E-state index in [1.54, 1.807) is 12.0 Å². The molecule has 0 bridgehead atoms. The molecule has 1 fully saturated rings. The molecule has 0 aromatic heterocycles. The van der Waals surface area contributed by atoms with E-state index in [9.17, 15) is 4.79 Å². The van der Waals surface area contributed by atoms with Crippen LogP contribution in [0.1, 0.15) is 42.0 Å². The highest BCUT2D eigenvalue weighted by Crippen LogP contribution is 2.26. The monoisotopic (exact) mass is 424 g/mol. The van der Waals surface area contributed by atoms with E-state index in [2.05, 4.69) is 18.3 Å². The first-order chi connectivity index (χ1) is 14.4. The molecule has 2 aromatic rings. The first-order valence-corrected chi connectivity index (χ1v) is 10.5. The zero-order chi connectivity index (χ0) is 21.7. The smallest absolute Gasteiger partial charge is 0.276 e. The van der Waals surface area contributed by atoms with Gasteiger partial charge in [-0.2, -0.15) is 0 Å². The molecule has 0 unspecified atom stereocenters. The Labute approximate surface area is 183 Å². The number of thiocarbonyl (C=S) groups is 1. The van der Waals surface area contributed by atoms with Gasteiger partial charge in [-0.3, -0.25) is 9.69 Å². The third-order valence-electron chi connectivity index (χ3n) is 5.04. The van der Waals surface area contributed by atoms with Gasteiger partial charge in [0.15, 0.2) is 5.11 Å². The van der Waals surface area contributed by atoms with Crippen molar-refractivity contribution in [3.63, 3.8) is 0 Å². The molecule has 5 nitrogen and oxygen atoms in total. The van der Waals surface area contributed by atoms with Crippen LogP contribution in [-0.4, -0.2) is 29.6 Å². The van der Waals surface area contributed by atoms with Crippen LogP contribution < -0.4 is 14.8 Å². The molecule has 1 N–H and O–H groups in total. The zero-order valence-electron chi connectivity index (χ0n) is 18.0. The van der Waals surface area contributed by atoms with Crippen LogP contribution in [0.4, 0.5) is 0 Å². The van der Waals surface area contributed by atoms with E-state index < -0.39 is 0 Å². The fraction of sp³-hybridized carbons (Fsp3) is 0.333. The van der Waals surface area contributed by atoms with Crippen molar-refractivity contribution in [1.29, 1.82) is 0 Å². The van der Waals surface area contributed by atoms with Crippen LogP contribution in [0.15, 0.2) is 42.1 Å². The van der Waals surface area contributed by atoms with Gasteiger partial charge in [0.25, 0.3) is 5.91 Å². The zero-order valence-corrected chi connectivity index (χ0v) is 18.8. The van der Waals surface area contributed by atoms with E-state index in [1.807, 2.05) is 50.3 Å². The second kappa shape index (κ2) is 9.76. The van der Waals surface area contributed by atoms with Crippen molar-refractivity contribution in [1.82, 2.24) is 10.2 Å². The standard InChI is InChI=1S/C24H28N2O3S/c1-5-6-11-26-23(27)20(25-24(26)30)14-18-9-10-21(28-4)19(13-18)15-29-22-12-16(2)7-8-17(22)3/h7-10,12-14H,5-6,11,15H2,1-4H3,(H,25,30)/b20-14+. The first kappa shape index (κ1) is 21.8. The summed E-state index contributed by atoms with van der Waals surface area (Å²) >= 11 is 5.32. The minimum Gasteiger partial charge on any atom is -0.496 e. The van der Waals surface area contributed by atoms with Gasteiger partial charge < -0.3 is 14.8 Å². The first-order valence-electron chi connectivity index (χ1n) is 10.1. The number of amides is 1. The molecule has 1 amide bonds. The minimum atomic E-state index is -0.0857. The Hall–Kier alpha value is -2.86. The Bertz CT molecular complexity index is 984. The lowest BCUT2D eigenvalue weighted by molar-refractivity contribution is -0.122. The predicted molar refractivity (Wildman–Crippen MR) is 124 cm³/mol. The maximum absolute atomic E-state index is 12.7. The maximum Gasteiger partial charge on any atom is 0.276 e. The molecule has 1 saturated heterocycles. The van der Waals surface area contributed by atoms with Gasteiger partial charge in [-0.1, -0.05) is 31.5 Å². The summed E-state index contributed by atoms with van der Waals surface area (Å²) in [5, 5.41) is 3.50. The molecule has 1 aliphatic rings. The Kier molecular flexibility index (Phi) is 7.11. The third kappa shape index (κ3) is 5.00. The number of unbranched alkanes of at least 4 members (excludes halogenated alkanes) is 1. The van der Waals surface area contributed by atoms with Gasteiger partial charge in [-0.25, -0.2) is 0 Å². The van der Waals surface area contributed by atoms with Crippen LogP contribution in [0, 0.1) is 13.8 Å². The third-order valence-corrected chi connectivity index (χ3v) is 5.36. The number of hydrogen-bond donors (Lipinski definition) is 1.